The van der Waals surface area contributed by atoms with Crippen molar-refractivity contribution in [1.29, 1.82) is 0 Å². The lowest BCUT2D eigenvalue weighted by atomic mass is 10.1. The summed E-state index contributed by atoms with van der Waals surface area (Å²) in [6.07, 6.45) is 1.31. The van der Waals surface area contributed by atoms with E-state index in [1.807, 2.05) is 12.1 Å². The second kappa shape index (κ2) is 4.93. The van der Waals surface area contributed by atoms with Gasteiger partial charge in [-0.3, -0.25) is 0 Å². The molecule has 3 heteroatoms. The lowest BCUT2D eigenvalue weighted by molar-refractivity contribution is 0.111. The summed E-state index contributed by atoms with van der Waals surface area (Å²) in [5.41, 5.74) is 1.11. The quantitative estimate of drug-likeness (QED) is 0.850. The summed E-state index contributed by atoms with van der Waals surface area (Å²) in [4.78, 5) is 0. The molecule has 3 atom stereocenters. The van der Waals surface area contributed by atoms with Crippen molar-refractivity contribution in [3.05, 3.63) is 35.6 Å². The second-order valence-electron chi connectivity index (χ2n) is 4.41. The monoisotopic (exact) mass is 223 g/mol. The molecular formula is C13H18FNO. The summed E-state index contributed by atoms with van der Waals surface area (Å²) >= 11 is 0. The zero-order valence-corrected chi connectivity index (χ0v) is 9.74. The topological polar surface area (TPSA) is 21.3 Å². The van der Waals surface area contributed by atoms with E-state index in [0.29, 0.717) is 6.04 Å². The zero-order chi connectivity index (χ0) is 11.5. The molecule has 0 aliphatic carbocycles. The fourth-order valence-electron chi connectivity index (χ4n) is 2.12. The minimum atomic E-state index is -0.187. The molecule has 2 rings (SSSR count). The Kier molecular flexibility index (Phi) is 3.56. The highest BCUT2D eigenvalue weighted by molar-refractivity contribution is 5.19. The van der Waals surface area contributed by atoms with E-state index in [1.165, 1.54) is 12.1 Å². The largest absolute Gasteiger partial charge is 0.377 e. The van der Waals surface area contributed by atoms with Crippen molar-refractivity contribution in [1.82, 2.24) is 5.32 Å². The Morgan fingerprint density at radius 2 is 2.06 bits per heavy atom. The van der Waals surface area contributed by atoms with Crippen LogP contribution in [0, 0.1) is 5.82 Å². The van der Waals surface area contributed by atoms with Crippen LogP contribution in [0.1, 0.15) is 31.9 Å². The molecule has 0 aromatic heterocycles. The summed E-state index contributed by atoms with van der Waals surface area (Å²) in [7, 11) is 0. The Morgan fingerprint density at radius 3 is 2.62 bits per heavy atom. The predicted molar refractivity (Wildman–Crippen MR) is 61.8 cm³/mol. The molecule has 1 aromatic carbocycles. The van der Waals surface area contributed by atoms with Gasteiger partial charge in [-0.2, -0.15) is 0 Å². The van der Waals surface area contributed by atoms with Crippen molar-refractivity contribution in [2.75, 3.05) is 6.61 Å². The van der Waals surface area contributed by atoms with E-state index in [-0.39, 0.29) is 18.0 Å². The zero-order valence-electron chi connectivity index (χ0n) is 9.74. The smallest absolute Gasteiger partial charge is 0.123 e. The van der Waals surface area contributed by atoms with Crippen LogP contribution in [-0.2, 0) is 4.74 Å². The van der Waals surface area contributed by atoms with Gasteiger partial charge in [0.2, 0.25) is 0 Å². The number of halogens is 1. The van der Waals surface area contributed by atoms with Crippen LogP contribution in [0.2, 0.25) is 0 Å². The van der Waals surface area contributed by atoms with Crippen LogP contribution in [0.4, 0.5) is 4.39 Å². The third-order valence-corrected chi connectivity index (χ3v) is 3.21. The summed E-state index contributed by atoms with van der Waals surface area (Å²) in [5.74, 6) is -0.187. The average molecular weight is 223 g/mol. The normalized spacial score (nSPS) is 26.9. The third-order valence-electron chi connectivity index (χ3n) is 3.21. The molecule has 88 valence electrons. The first-order chi connectivity index (χ1) is 7.66. The molecule has 16 heavy (non-hydrogen) atoms. The lowest BCUT2D eigenvalue weighted by Crippen LogP contribution is -2.36. The maximum Gasteiger partial charge on any atom is 0.123 e. The molecule has 1 aliphatic heterocycles. The van der Waals surface area contributed by atoms with E-state index in [1.54, 1.807) is 0 Å². The molecule has 2 unspecified atom stereocenters. The van der Waals surface area contributed by atoms with Crippen LogP contribution in [0.25, 0.3) is 0 Å². The van der Waals surface area contributed by atoms with E-state index in [0.717, 1.165) is 18.6 Å². The maximum atomic E-state index is 12.8. The maximum absolute atomic E-state index is 12.8. The highest BCUT2D eigenvalue weighted by atomic mass is 19.1. The van der Waals surface area contributed by atoms with Gasteiger partial charge in [0.25, 0.3) is 0 Å². The molecule has 1 N–H and O–H groups in total. The molecule has 1 fully saturated rings. The minimum Gasteiger partial charge on any atom is -0.377 e. The fourth-order valence-corrected chi connectivity index (χ4v) is 2.12. The molecule has 0 bridgehead atoms. The van der Waals surface area contributed by atoms with E-state index in [9.17, 15) is 4.39 Å². The van der Waals surface area contributed by atoms with Crippen LogP contribution in [0.3, 0.4) is 0 Å². The van der Waals surface area contributed by atoms with Crippen molar-refractivity contribution in [3.8, 4) is 0 Å². The molecule has 0 saturated carbocycles. The molecule has 2 nitrogen and oxygen atoms in total. The third kappa shape index (κ3) is 2.60. The van der Waals surface area contributed by atoms with Gasteiger partial charge in [-0.1, -0.05) is 12.1 Å². The Balaban J connectivity index is 1.97. The molecule has 1 saturated heterocycles. The predicted octanol–water partition coefficient (Wildman–Crippen LogP) is 2.65. The van der Waals surface area contributed by atoms with Gasteiger partial charge in [0, 0.05) is 18.7 Å². The molecule has 1 aliphatic rings. The van der Waals surface area contributed by atoms with Gasteiger partial charge in [-0.15, -0.1) is 0 Å². The molecule has 0 radical (unpaired) electrons. The van der Waals surface area contributed by atoms with Crippen molar-refractivity contribution in [2.24, 2.45) is 0 Å². The highest BCUT2D eigenvalue weighted by Gasteiger charge is 2.25. The van der Waals surface area contributed by atoms with Crippen molar-refractivity contribution in [2.45, 2.75) is 38.5 Å². The van der Waals surface area contributed by atoms with E-state index in [2.05, 4.69) is 19.2 Å². The highest BCUT2D eigenvalue weighted by Crippen LogP contribution is 2.19. The van der Waals surface area contributed by atoms with Gasteiger partial charge in [0.1, 0.15) is 5.82 Å². The Bertz CT molecular complexity index is 338. The number of ether oxygens (including phenoxy) is 1. The minimum absolute atomic E-state index is 0.187. The Hall–Kier alpha value is -0.930. The SMILES string of the molecule is CC1OCCC1N[C@H](C)c1ccc(F)cc1. The summed E-state index contributed by atoms with van der Waals surface area (Å²) < 4.78 is 18.3. The van der Waals surface area contributed by atoms with Gasteiger partial charge < -0.3 is 10.1 Å². The van der Waals surface area contributed by atoms with E-state index >= 15 is 0 Å². The fraction of sp³-hybridized carbons (Fsp3) is 0.538. The standard InChI is InChI=1S/C13H18FNO/c1-9(11-3-5-12(14)6-4-11)15-13-7-8-16-10(13)2/h3-6,9-10,13,15H,7-8H2,1-2H3/t9-,10?,13?/m1/s1. The van der Waals surface area contributed by atoms with Crippen LogP contribution in [-0.4, -0.2) is 18.8 Å². The summed E-state index contributed by atoms with van der Waals surface area (Å²) in [6.45, 7) is 5.01. The van der Waals surface area contributed by atoms with Gasteiger partial charge >= 0.3 is 0 Å². The first-order valence-corrected chi connectivity index (χ1v) is 5.80. The first kappa shape index (κ1) is 11.6. The van der Waals surface area contributed by atoms with Crippen molar-refractivity contribution < 1.29 is 9.13 Å². The number of benzene rings is 1. The Labute approximate surface area is 95.8 Å². The Morgan fingerprint density at radius 1 is 1.38 bits per heavy atom. The van der Waals surface area contributed by atoms with Crippen LogP contribution in [0.15, 0.2) is 24.3 Å². The molecule has 0 amide bonds. The summed E-state index contributed by atoms with van der Waals surface area (Å²) in [6, 6.07) is 7.29. The summed E-state index contributed by atoms with van der Waals surface area (Å²) in [5, 5.41) is 3.52. The van der Waals surface area contributed by atoms with E-state index in [4.69, 9.17) is 4.74 Å². The van der Waals surface area contributed by atoms with Crippen LogP contribution in [0.5, 0.6) is 0 Å². The first-order valence-electron chi connectivity index (χ1n) is 5.80. The number of hydrogen-bond donors (Lipinski definition) is 1. The van der Waals surface area contributed by atoms with Crippen molar-refractivity contribution >= 4 is 0 Å². The van der Waals surface area contributed by atoms with Gasteiger partial charge in [-0.05, 0) is 38.0 Å². The van der Waals surface area contributed by atoms with Gasteiger partial charge in [0.15, 0.2) is 0 Å². The molecule has 0 spiro atoms. The number of nitrogens with one attached hydrogen (secondary N) is 1. The van der Waals surface area contributed by atoms with Crippen LogP contribution >= 0.6 is 0 Å². The van der Waals surface area contributed by atoms with Crippen LogP contribution < -0.4 is 5.32 Å². The number of rotatable bonds is 3. The lowest BCUT2D eigenvalue weighted by Gasteiger charge is -2.22. The van der Waals surface area contributed by atoms with E-state index < -0.39 is 0 Å². The van der Waals surface area contributed by atoms with Crippen molar-refractivity contribution in [3.63, 3.8) is 0 Å². The molecular weight excluding hydrogens is 205 g/mol. The average Bonchev–Trinajstić information content (AvgIpc) is 2.65. The van der Waals surface area contributed by atoms with Gasteiger partial charge in [0.05, 0.1) is 6.10 Å². The van der Waals surface area contributed by atoms with Gasteiger partial charge in [-0.25, -0.2) is 4.39 Å². The molecule has 1 aromatic rings. The number of hydrogen-bond acceptors (Lipinski definition) is 2. The molecule has 1 heterocycles. The second-order valence-corrected chi connectivity index (χ2v) is 4.41.